The summed E-state index contributed by atoms with van der Waals surface area (Å²) in [5.41, 5.74) is 0.869. The van der Waals surface area contributed by atoms with Crippen molar-refractivity contribution in [2.45, 2.75) is 24.0 Å². The van der Waals surface area contributed by atoms with Crippen molar-refractivity contribution in [1.29, 1.82) is 0 Å². The van der Waals surface area contributed by atoms with Gasteiger partial charge in [0.15, 0.2) is 0 Å². The number of hydrogen-bond acceptors (Lipinski definition) is 3. The van der Waals surface area contributed by atoms with E-state index in [0.29, 0.717) is 19.5 Å². The van der Waals surface area contributed by atoms with E-state index in [9.17, 15) is 26.4 Å². The fourth-order valence-electron chi connectivity index (χ4n) is 3.80. The van der Waals surface area contributed by atoms with E-state index < -0.39 is 34.2 Å². The maximum atomic E-state index is 13.4. The number of rotatable bonds is 5. The Bertz CT molecular complexity index is 1260. The number of hydrogen-bond donors (Lipinski definition) is 0. The topological polar surface area (TPSA) is 57.7 Å². The number of fused-ring (bicyclic) bond motifs is 1. The van der Waals surface area contributed by atoms with Gasteiger partial charge in [0.2, 0.25) is 5.91 Å². The van der Waals surface area contributed by atoms with Crippen LogP contribution in [-0.2, 0) is 34.0 Å². The minimum Gasteiger partial charge on any atom is -0.336 e. The molecule has 0 N–H and O–H groups in total. The lowest BCUT2D eigenvalue weighted by atomic mass is 10.00. The van der Waals surface area contributed by atoms with Gasteiger partial charge < -0.3 is 4.90 Å². The third kappa shape index (κ3) is 4.88. The zero-order valence-corrected chi connectivity index (χ0v) is 18.3. The van der Waals surface area contributed by atoms with Crippen molar-refractivity contribution in [3.63, 3.8) is 0 Å². The monoisotopic (exact) mass is 474 g/mol. The van der Waals surface area contributed by atoms with Crippen molar-refractivity contribution < 1.29 is 26.4 Å². The normalized spacial score (nSPS) is 14.0. The van der Waals surface area contributed by atoms with E-state index in [1.807, 2.05) is 24.3 Å². The summed E-state index contributed by atoms with van der Waals surface area (Å²) in [5.74, 6) is -0.485. The first-order valence-electron chi connectivity index (χ1n) is 10.3. The minimum atomic E-state index is -4.65. The predicted octanol–water partition coefficient (Wildman–Crippen LogP) is 4.49. The number of halogens is 3. The zero-order chi connectivity index (χ0) is 23.6. The largest absolute Gasteiger partial charge is 0.416 e. The second-order valence-electron chi connectivity index (χ2n) is 7.71. The van der Waals surface area contributed by atoms with Gasteiger partial charge in [-0.15, -0.1) is 0 Å². The highest BCUT2D eigenvalue weighted by Gasteiger charge is 2.34. The predicted molar refractivity (Wildman–Crippen MR) is 118 cm³/mol. The van der Waals surface area contributed by atoms with Gasteiger partial charge in [0.05, 0.1) is 16.1 Å². The fourth-order valence-corrected chi connectivity index (χ4v) is 5.23. The Balaban J connectivity index is 1.69. The molecule has 1 aliphatic rings. The number of sulfonamides is 1. The average molecular weight is 475 g/mol. The van der Waals surface area contributed by atoms with Gasteiger partial charge in [-0.2, -0.15) is 13.2 Å². The molecule has 0 saturated heterocycles. The molecule has 172 valence electrons. The molecular formula is C24H21F3N2O3S. The van der Waals surface area contributed by atoms with Crippen LogP contribution in [0.2, 0.25) is 0 Å². The van der Waals surface area contributed by atoms with Crippen LogP contribution in [-0.4, -0.2) is 32.3 Å². The van der Waals surface area contributed by atoms with Crippen molar-refractivity contribution in [3.05, 3.63) is 95.6 Å². The Kier molecular flexibility index (Phi) is 6.16. The summed E-state index contributed by atoms with van der Waals surface area (Å²) in [6.45, 7) is 0.106. The standard InChI is InChI=1S/C24H21F3N2O3S/c25-24(26,27)20-9-6-10-21(15-20)29(33(31,32)22-11-2-1-3-12-22)17-23(30)28-14-13-18-7-4-5-8-19(18)16-28/h1-12,15H,13-14,16-17H2. The van der Waals surface area contributed by atoms with E-state index in [-0.39, 0.29) is 10.6 Å². The van der Waals surface area contributed by atoms with Gasteiger partial charge in [0.1, 0.15) is 6.54 Å². The first-order valence-corrected chi connectivity index (χ1v) is 11.7. The van der Waals surface area contributed by atoms with Crippen LogP contribution in [0.15, 0.2) is 83.8 Å². The van der Waals surface area contributed by atoms with E-state index in [2.05, 4.69) is 0 Å². The molecule has 0 atom stereocenters. The maximum absolute atomic E-state index is 13.4. The van der Waals surface area contributed by atoms with Gasteiger partial charge in [0, 0.05) is 13.1 Å². The van der Waals surface area contributed by atoms with Crippen LogP contribution in [0.5, 0.6) is 0 Å². The molecule has 0 saturated carbocycles. The van der Waals surface area contributed by atoms with Crippen LogP contribution in [0, 0.1) is 0 Å². The molecule has 0 spiro atoms. The van der Waals surface area contributed by atoms with Crippen molar-refractivity contribution >= 4 is 21.6 Å². The second-order valence-corrected chi connectivity index (χ2v) is 9.57. The molecule has 3 aromatic rings. The van der Waals surface area contributed by atoms with Crippen LogP contribution in [0.25, 0.3) is 0 Å². The Morgan fingerprint density at radius 1 is 0.909 bits per heavy atom. The third-order valence-electron chi connectivity index (χ3n) is 5.55. The molecule has 0 bridgehead atoms. The number of carbonyl (C=O) groups excluding carboxylic acids is 1. The molecule has 33 heavy (non-hydrogen) atoms. The number of nitrogens with zero attached hydrogens (tertiary/aromatic N) is 2. The van der Waals surface area contributed by atoms with Gasteiger partial charge >= 0.3 is 6.18 Å². The Labute approximate surface area is 190 Å². The number of alkyl halides is 3. The van der Waals surface area contributed by atoms with Crippen molar-refractivity contribution in [2.75, 3.05) is 17.4 Å². The van der Waals surface area contributed by atoms with E-state index in [1.165, 1.54) is 35.2 Å². The first kappa shape index (κ1) is 22.8. The van der Waals surface area contributed by atoms with Crippen molar-refractivity contribution in [1.82, 2.24) is 4.90 Å². The summed E-state index contributed by atoms with van der Waals surface area (Å²) in [7, 11) is -4.29. The Morgan fingerprint density at radius 2 is 1.58 bits per heavy atom. The van der Waals surface area contributed by atoms with Gasteiger partial charge in [-0.05, 0) is 47.9 Å². The molecule has 0 aromatic heterocycles. The summed E-state index contributed by atoms with van der Waals surface area (Å²) in [5, 5.41) is 0. The molecular weight excluding hydrogens is 453 g/mol. The van der Waals surface area contributed by atoms with E-state index >= 15 is 0 Å². The lowest BCUT2D eigenvalue weighted by molar-refractivity contribution is -0.137. The summed E-state index contributed by atoms with van der Waals surface area (Å²) in [6.07, 6.45) is -4.03. The zero-order valence-electron chi connectivity index (χ0n) is 17.5. The fraction of sp³-hybridized carbons (Fsp3) is 0.208. The summed E-state index contributed by atoms with van der Waals surface area (Å²) in [6, 6.07) is 19.0. The molecule has 0 unspecified atom stereocenters. The lowest BCUT2D eigenvalue weighted by Gasteiger charge is -2.32. The van der Waals surface area contributed by atoms with Gasteiger partial charge in [0.25, 0.3) is 10.0 Å². The quantitative estimate of drug-likeness (QED) is 0.548. The average Bonchev–Trinajstić information content (AvgIpc) is 2.82. The molecule has 5 nitrogen and oxygen atoms in total. The highest BCUT2D eigenvalue weighted by molar-refractivity contribution is 7.92. The van der Waals surface area contributed by atoms with Crippen LogP contribution in [0.4, 0.5) is 18.9 Å². The van der Waals surface area contributed by atoms with Gasteiger partial charge in [-0.1, -0.05) is 48.5 Å². The van der Waals surface area contributed by atoms with E-state index in [0.717, 1.165) is 33.6 Å². The molecule has 1 aliphatic heterocycles. The summed E-state index contributed by atoms with van der Waals surface area (Å²) < 4.78 is 67.4. The lowest BCUT2D eigenvalue weighted by Crippen LogP contribution is -2.44. The van der Waals surface area contributed by atoms with Crippen LogP contribution < -0.4 is 4.31 Å². The Morgan fingerprint density at radius 3 is 2.27 bits per heavy atom. The molecule has 0 aliphatic carbocycles. The molecule has 4 rings (SSSR count). The van der Waals surface area contributed by atoms with Crippen LogP contribution in [0.3, 0.4) is 0 Å². The van der Waals surface area contributed by atoms with Crippen LogP contribution >= 0.6 is 0 Å². The highest BCUT2D eigenvalue weighted by atomic mass is 32.2. The number of benzene rings is 3. The van der Waals surface area contributed by atoms with E-state index in [1.54, 1.807) is 6.07 Å². The summed E-state index contributed by atoms with van der Waals surface area (Å²) >= 11 is 0. The molecule has 0 radical (unpaired) electrons. The SMILES string of the molecule is O=C(CN(c1cccc(C(F)(F)F)c1)S(=O)(=O)c1ccccc1)N1CCc2ccccc2C1. The number of carbonyl (C=O) groups is 1. The molecule has 0 fully saturated rings. The smallest absolute Gasteiger partial charge is 0.336 e. The van der Waals surface area contributed by atoms with Gasteiger partial charge in [-0.25, -0.2) is 8.42 Å². The molecule has 3 aromatic carbocycles. The van der Waals surface area contributed by atoms with Crippen molar-refractivity contribution in [3.8, 4) is 0 Å². The third-order valence-corrected chi connectivity index (χ3v) is 7.34. The van der Waals surface area contributed by atoms with E-state index in [4.69, 9.17) is 0 Å². The van der Waals surface area contributed by atoms with Gasteiger partial charge in [-0.3, -0.25) is 9.10 Å². The maximum Gasteiger partial charge on any atom is 0.416 e. The van der Waals surface area contributed by atoms with Crippen molar-refractivity contribution in [2.24, 2.45) is 0 Å². The highest BCUT2D eigenvalue weighted by Crippen LogP contribution is 2.33. The summed E-state index contributed by atoms with van der Waals surface area (Å²) in [4.78, 5) is 14.6. The first-order chi connectivity index (χ1) is 15.7. The van der Waals surface area contributed by atoms with Crippen LogP contribution in [0.1, 0.15) is 16.7 Å². The number of anilines is 1. The Hall–Kier alpha value is -3.33. The molecule has 1 heterocycles. The molecule has 1 amide bonds. The second kappa shape index (κ2) is 8.90. The number of amides is 1. The molecule has 9 heteroatoms. The minimum absolute atomic E-state index is 0.112.